The van der Waals surface area contributed by atoms with E-state index in [4.69, 9.17) is 0 Å². The van der Waals surface area contributed by atoms with Crippen molar-refractivity contribution in [1.29, 1.82) is 0 Å². The number of aryl methyl sites for hydroxylation is 1. The van der Waals surface area contributed by atoms with Crippen LogP contribution >= 0.6 is 0 Å². The van der Waals surface area contributed by atoms with Crippen LogP contribution < -0.4 is 0 Å². The third-order valence-electron chi connectivity index (χ3n) is 4.66. The van der Waals surface area contributed by atoms with E-state index in [0.29, 0.717) is 5.41 Å². The van der Waals surface area contributed by atoms with Gasteiger partial charge in [-0.1, -0.05) is 44.4 Å². The van der Waals surface area contributed by atoms with Crippen LogP contribution in [0, 0.1) is 13.8 Å². The molecule has 88 valence electrons. The molecule has 0 amide bonds. The molecule has 0 aromatic heterocycles. The Labute approximate surface area is 100 Å². The Kier molecular flexibility index (Phi) is 3.37. The first-order chi connectivity index (χ1) is 7.69. The zero-order chi connectivity index (χ0) is 11.6. The van der Waals surface area contributed by atoms with E-state index in [0.717, 1.165) is 0 Å². The zero-order valence-corrected chi connectivity index (χ0v) is 11.0. The molecule has 1 aliphatic carbocycles. The molecule has 0 unspecified atom stereocenters. The van der Waals surface area contributed by atoms with Gasteiger partial charge in [-0.05, 0) is 55.2 Å². The van der Waals surface area contributed by atoms with Crippen molar-refractivity contribution in [2.75, 3.05) is 0 Å². The SMILES string of the molecule is CCC1(c2cccc(C)c2C)CCCCC1. The summed E-state index contributed by atoms with van der Waals surface area (Å²) in [7, 11) is 0. The summed E-state index contributed by atoms with van der Waals surface area (Å²) < 4.78 is 0. The number of hydrogen-bond donors (Lipinski definition) is 0. The molecular weight excluding hydrogens is 192 g/mol. The average Bonchev–Trinajstić information content (AvgIpc) is 2.33. The van der Waals surface area contributed by atoms with E-state index in [1.54, 1.807) is 5.56 Å². The molecule has 0 atom stereocenters. The number of hydrogen-bond acceptors (Lipinski definition) is 0. The lowest BCUT2D eigenvalue weighted by atomic mass is 9.66. The molecule has 0 heteroatoms. The quantitative estimate of drug-likeness (QED) is 0.658. The Hall–Kier alpha value is -0.780. The van der Waals surface area contributed by atoms with Crippen molar-refractivity contribution in [2.24, 2.45) is 0 Å². The molecule has 2 rings (SSSR count). The predicted molar refractivity (Wildman–Crippen MR) is 71.0 cm³/mol. The molecule has 0 spiro atoms. The van der Waals surface area contributed by atoms with Crippen molar-refractivity contribution in [3.8, 4) is 0 Å². The Bertz CT molecular complexity index is 356. The monoisotopic (exact) mass is 216 g/mol. The van der Waals surface area contributed by atoms with Crippen molar-refractivity contribution in [3.63, 3.8) is 0 Å². The van der Waals surface area contributed by atoms with Crippen LogP contribution in [-0.2, 0) is 5.41 Å². The Balaban J connectivity index is 2.43. The smallest absolute Gasteiger partial charge is 0.00469 e. The Morgan fingerprint density at radius 3 is 2.38 bits per heavy atom. The van der Waals surface area contributed by atoms with E-state index >= 15 is 0 Å². The maximum Gasteiger partial charge on any atom is -0.00469 e. The number of benzene rings is 1. The lowest BCUT2D eigenvalue weighted by Gasteiger charge is -2.38. The maximum atomic E-state index is 2.37. The fourth-order valence-electron chi connectivity index (χ4n) is 3.37. The van der Waals surface area contributed by atoms with Gasteiger partial charge in [0.15, 0.2) is 0 Å². The Morgan fingerprint density at radius 2 is 1.75 bits per heavy atom. The van der Waals surface area contributed by atoms with E-state index in [1.165, 1.54) is 49.7 Å². The van der Waals surface area contributed by atoms with Gasteiger partial charge in [-0.2, -0.15) is 0 Å². The van der Waals surface area contributed by atoms with E-state index in [1.807, 2.05) is 0 Å². The molecule has 1 aromatic carbocycles. The van der Waals surface area contributed by atoms with Gasteiger partial charge in [0.1, 0.15) is 0 Å². The van der Waals surface area contributed by atoms with Crippen molar-refractivity contribution < 1.29 is 0 Å². The zero-order valence-electron chi connectivity index (χ0n) is 11.0. The highest BCUT2D eigenvalue weighted by Crippen LogP contribution is 2.43. The molecular formula is C16H24. The van der Waals surface area contributed by atoms with Gasteiger partial charge in [-0.25, -0.2) is 0 Å². The standard InChI is InChI=1S/C16H24/c1-4-16(11-6-5-7-12-16)15-10-8-9-13(2)14(15)3/h8-10H,4-7,11-12H2,1-3H3. The third-order valence-corrected chi connectivity index (χ3v) is 4.66. The van der Waals surface area contributed by atoms with Crippen LogP contribution in [0.4, 0.5) is 0 Å². The highest BCUT2D eigenvalue weighted by molar-refractivity contribution is 5.39. The van der Waals surface area contributed by atoms with Crippen LogP contribution in [0.5, 0.6) is 0 Å². The maximum absolute atomic E-state index is 2.37. The highest BCUT2D eigenvalue weighted by atomic mass is 14.4. The summed E-state index contributed by atoms with van der Waals surface area (Å²) in [5, 5.41) is 0. The Morgan fingerprint density at radius 1 is 1.06 bits per heavy atom. The first-order valence-corrected chi connectivity index (χ1v) is 6.76. The van der Waals surface area contributed by atoms with Crippen molar-refractivity contribution >= 4 is 0 Å². The molecule has 16 heavy (non-hydrogen) atoms. The number of rotatable bonds is 2. The molecule has 0 radical (unpaired) electrons. The van der Waals surface area contributed by atoms with Gasteiger partial charge in [-0.15, -0.1) is 0 Å². The molecule has 0 nitrogen and oxygen atoms in total. The van der Waals surface area contributed by atoms with Crippen LogP contribution in [0.1, 0.15) is 62.1 Å². The summed E-state index contributed by atoms with van der Waals surface area (Å²) >= 11 is 0. The molecule has 0 heterocycles. The molecule has 1 aromatic rings. The van der Waals surface area contributed by atoms with Gasteiger partial charge in [0.05, 0.1) is 0 Å². The highest BCUT2D eigenvalue weighted by Gasteiger charge is 2.33. The lowest BCUT2D eigenvalue weighted by Crippen LogP contribution is -2.29. The third kappa shape index (κ3) is 1.90. The molecule has 1 fully saturated rings. The van der Waals surface area contributed by atoms with Crippen LogP contribution in [-0.4, -0.2) is 0 Å². The average molecular weight is 216 g/mol. The second kappa shape index (κ2) is 4.61. The first-order valence-electron chi connectivity index (χ1n) is 6.76. The largest absolute Gasteiger partial charge is 0.0645 e. The van der Waals surface area contributed by atoms with Gasteiger partial charge in [0.2, 0.25) is 0 Å². The van der Waals surface area contributed by atoms with E-state index < -0.39 is 0 Å². The molecule has 0 N–H and O–H groups in total. The fourth-order valence-corrected chi connectivity index (χ4v) is 3.37. The van der Waals surface area contributed by atoms with Gasteiger partial charge in [0.25, 0.3) is 0 Å². The van der Waals surface area contributed by atoms with Crippen LogP contribution in [0.25, 0.3) is 0 Å². The molecule has 1 saturated carbocycles. The molecule has 0 aliphatic heterocycles. The van der Waals surface area contributed by atoms with Crippen molar-refractivity contribution in [3.05, 3.63) is 34.9 Å². The van der Waals surface area contributed by atoms with Crippen molar-refractivity contribution in [2.45, 2.75) is 64.7 Å². The summed E-state index contributed by atoms with van der Waals surface area (Å²) in [5.74, 6) is 0. The van der Waals surface area contributed by atoms with Crippen LogP contribution in [0.3, 0.4) is 0 Å². The summed E-state index contributed by atoms with van der Waals surface area (Å²) in [6.07, 6.45) is 8.37. The van der Waals surface area contributed by atoms with Gasteiger partial charge in [0, 0.05) is 0 Å². The molecule has 0 bridgehead atoms. The van der Waals surface area contributed by atoms with Crippen LogP contribution in [0.2, 0.25) is 0 Å². The molecule has 0 saturated heterocycles. The van der Waals surface area contributed by atoms with Gasteiger partial charge >= 0.3 is 0 Å². The first kappa shape index (κ1) is 11.7. The van der Waals surface area contributed by atoms with Gasteiger partial charge in [-0.3, -0.25) is 0 Å². The lowest BCUT2D eigenvalue weighted by molar-refractivity contribution is 0.282. The topological polar surface area (TPSA) is 0 Å². The van der Waals surface area contributed by atoms with Crippen molar-refractivity contribution in [1.82, 2.24) is 0 Å². The summed E-state index contributed by atoms with van der Waals surface area (Å²) in [6.45, 7) is 6.91. The van der Waals surface area contributed by atoms with E-state index in [-0.39, 0.29) is 0 Å². The minimum Gasteiger partial charge on any atom is -0.0645 e. The minimum atomic E-state index is 0.494. The van der Waals surface area contributed by atoms with E-state index in [9.17, 15) is 0 Å². The second-order valence-corrected chi connectivity index (χ2v) is 5.44. The normalized spacial score (nSPS) is 19.7. The fraction of sp³-hybridized carbons (Fsp3) is 0.625. The minimum absolute atomic E-state index is 0.494. The van der Waals surface area contributed by atoms with Crippen LogP contribution in [0.15, 0.2) is 18.2 Å². The summed E-state index contributed by atoms with van der Waals surface area (Å²) in [6, 6.07) is 6.85. The molecule has 1 aliphatic rings. The summed E-state index contributed by atoms with van der Waals surface area (Å²) in [5.41, 5.74) is 5.12. The van der Waals surface area contributed by atoms with E-state index in [2.05, 4.69) is 39.0 Å². The summed E-state index contributed by atoms with van der Waals surface area (Å²) in [4.78, 5) is 0. The second-order valence-electron chi connectivity index (χ2n) is 5.44. The predicted octanol–water partition coefficient (Wildman–Crippen LogP) is 4.92. The van der Waals surface area contributed by atoms with Gasteiger partial charge < -0.3 is 0 Å².